The molecule has 0 spiro atoms. The maximum atomic E-state index is 13.2. The summed E-state index contributed by atoms with van der Waals surface area (Å²) in [5.41, 5.74) is 8.25. The van der Waals surface area contributed by atoms with Crippen LogP contribution in [0.2, 0.25) is 10.0 Å². The molecule has 0 saturated heterocycles. The molecule has 0 aromatic heterocycles. The van der Waals surface area contributed by atoms with Gasteiger partial charge >= 0.3 is 0 Å². The van der Waals surface area contributed by atoms with Crippen LogP contribution in [0.15, 0.2) is 47.5 Å². The zero-order chi connectivity index (χ0) is 25.0. The summed E-state index contributed by atoms with van der Waals surface area (Å²) in [4.78, 5) is 31.9. The molecule has 7 heteroatoms. The second kappa shape index (κ2) is 11.1. The van der Waals surface area contributed by atoms with Crippen molar-refractivity contribution in [3.63, 3.8) is 0 Å². The molecule has 1 unspecified atom stereocenters. The average molecular weight is 514 g/mol. The molecule has 2 aromatic rings. The molecule has 0 bridgehead atoms. The maximum absolute atomic E-state index is 13.2. The van der Waals surface area contributed by atoms with Crippen LogP contribution in [0.3, 0.4) is 0 Å². The van der Waals surface area contributed by atoms with Crippen LogP contribution in [-0.2, 0) is 29.0 Å². The van der Waals surface area contributed by atoms with Gasteiger partial charge in [-0.2, -0.15) is 0 Å². The van der Waals surface area contributed by atoms with Gasteiger partial charge in [0.2, 0.25) is 0 Å². The highest BCUT2D eigenvalue weighted by molar-refractivity contribution is 6.42. The van der Waals surface area contributed by atoms with Gasteiger partial charge in [-0.3, -0.25) is 14.5 Å². The smallest absolute Gasteiger partial charge is 0.257 e. The standard InChI is InChI=1S/C28H33Cl2N3O2/c1-28(17-20-6-3-2-4-7-20)26(35)33(27(31)32-28)18-21-12-10-19(11-13-21)14-15-23(34)16-22-8-5-9-24(29)25(22)30/h5,8-13,20H,2-4,6-7,14-18H2,1H3,(H2,31,32). The van der Waals surface area contributed by atoms with Gasteiger partial charge in [0.1, 0.15) is 11.3 Å². The third kappa shape index (κ3) is 6.25. The Morgan fingerprint density at radius 2 is 1.77 bits per heavy atom. The van der Waals surface area contributed by atoms with Gasteiger partial charge in [0.25, 0.3) is 5.91 Å². The van der Waals surface area contributed by atoms with Gasteiger partial charge in [0.15, 0.2) is 5.96 Å². The fraction of sp³-hybridized carbons (Fsp3) is 0.464. The third-order valence-corrected chi connectivity index (χ3v) is 8.09. The first-order valence-electron chi connectivity index (χ1n) is 12.4. The Morgan fingerprint density at radius 1 is 1.09 bits per heavy atom. The van der Waals surface area contributed by atoms with E-state index in [1.54, 1.807) is 17.0 Å². The molecule has 186 valence electrons. The summed E-state index contributed by atoms with van der Waals surface area (Å²) in [7, 11) is 0. The van der Waals surface area contributed by atoms with E-state index in [1.165, 1.54) is 32.1 Å². The number of aliphatic imine (C=N–C) groups is 1. The Morgan fingerprint density at radius 3 is 2.49 bits per heavy atom. The highest BCUT2D eigenvalue weighted by atomic mass is 35.5. The summed E-state index contributed by atoms with van der Waals surface area (Å²) < 4.78 is 0. The molecule has 2 N–H and O–H groups in total. The van der Waals surface area contributed by atoms with Crippen LogP contribution < -0.4 is 5.73 Å². The van der Waals surface area contributed by atoms with Crippen molar-refractivity contribution >= 4 is 40.9 Å². The Hall–Kier alpha value is -2.37. The average Bonchev–Trinajstić information content (AvgIpc) is 3.05. The molecule has 1 heterocycles. The summed E-state index contributed by atoms with van der Waals surface area (Å²) in [6, 6.07) is 13.3. The zero-order valence-electron chi connectivity index (χ0n) is 20.2. The second-order valence-electron chi connectivity index (χ2n) is 10.1. The number of amides is 1. The van der Waals surface area contributed by atoms with Crippen molar-refractivity contribution in [3.8, 4) is 0 Å². The molecule has 4 rings (SSSR count). The van der Waals surface area contributed by atoms with E-state index in [9.17, 15) is 9.59 Å². The molecule has 1 saturated carbocycles. The summed E-state index contributed by atoms with van der Waals surface area (Å²) in [6.45, 7) is 2.33. The lowest BCUT2D eigenvalue weighted by molar-refractivity contribution is -0.131. The highest BCUT2D eigenvalue weighted by Gasteiger charge is 2.45. The summed E-state index contributed by atoms with van der Waals surface area (Å²) >= 11 is 12.2. The number of guanidine groups is 1. The van der Waals surface area contributed by atoms with Crippen LogP contribution in [0.1, 0.15) is 68.6 Å². The number of benzene rings is 2. The first-order chi connectivity index (χ1) is 16.7. The lowest BCUT2D eigenvalue weighted by Gasteiger charge is -2.29. The summed E-state index contributed by atoms with van der Waals surface area (Å²) in [5.74, 6) is 0.964. The molecule has 1 amide bonds. The molecule has 1 aliphatic carbocycles. The van der Waals surface area contributed by atoms with Crippen LogP contribution in [0.4, 0.5) is 0 Å². The van der Waals surface area contributed by atoms with Gasteiger partial charge in [-0.15, -0.1) is 0 Å². The number of carbonyl (C=O) groups is 2. The van der Waals surface area contributed by atoms with E-state index >= 15 is 0 Å². The monoisotopic (exact) mass is 513 g/mol. The van der Waals surface area contributed by atoms with Crippen molar-refractivity contribution in [1.82, 2.24) is 4.90 Å². The lowest BCUT2D eigenvalue weighted by atomic mass is 9.80. The zero-order valence-corrected chi connectivity index (χ0v) is 21.7. The van der Waals surface area contributed by atoms with Crippen molar-refractivity contribution < 1.29 is 9.59 Å². The fourth-order valence-corrected chi connectivity index (χ4v) is 5.65. The van der Waals surface area contributed by atoms with Crippen LogP contribution in [0, 0.1) is 5.92 Å². The molecular weight excluding hydrogens is 481 g/mol. The number of hydrogen-bond acceptors (Lipinski definition) is 4. The number of halogens is 2. The number of nitrogens with zero attached hydrogens (tertiary/aromatic N) is 2. The van der Waals surface area contributed by atoms with Crippen molar-refractivity contribution in [1.29, 1.82) is 0 Å². The van der Waals surface area contributed by atoms with E-state index in [1.807, 2.05) is 37.3 Å². The Bertz CT molecular complexity index is 1110. The highest BCUT2D eigenvalue weighted by Crippen LogP contribution is 2.36. The van der Waals surface area contributed by atoms with E-state index in [0.717, 1.165) is 23.1 Å². The lowest BCUT2D eigenvalue weighted by Crippen LogP contribution is -2.43. The van der Waals surface area contributed by atoms with E-state index in [4.69, 9.17) is 28.9 Å². The molecule has 2 aliphatic rings. The van der Waals surface area contributed by atoms with Gasteiger partial charge in [-0.1, -0.05) is 91.7 Å². The molecular formula is C28H33Cl2N3O2. The minimum Gasteiger partial charge on any atom is -0.369 e. The maximum Gasteiger partial charge on any atom is 0.257 e. The van der Waals surface area contributed by atoms with E-state index < -0.39 is 5.54 Å². The van der Waals surface area contributed by atoms with Crippen molar-refractivity contribution in [2.24, 2.45) is 16.6 Å². The first-order valence-corrected chi connectivity index (χ1v) is 13.2. The van der Waals surface area contributed by atoms with E-state index in [2.05, 4.69) is 4.99 Å². The summed E-state index contributed by atoms with van der Waals surface area (Å²) in [5, 5.41) is 0.907. The number of carbonyl (C=O) groups excluding carboxylic acids is 2. The normalized spacial score (nSPS) is 20.8. The van der Waals surface area contributed by atoms with Gasteiger partial charge in [0, 0.05) is 12.8 Å². The number of Topliss-reactive ketones (excluding diaryl/α,β-unsaturated/α-hetero) is 1. The molecule has 35 heavy (non-hydrogen) atoms. The first kappa shape index (κ1) is 25.7. The molecule has 1 atom stereocenters. The fourth-order valence-electron chi connectivity index (χ4n) is 5.26. The van der Waals surface area contributed by atoms with E-state index in [0.29, 0.717) is 41.3 Å². The molecule has 2 aromatic carbocycles. The van der Waals surface area contributed by atoms with Gasteiger partial charge in [-0.05, 0) is 48.4 Å². The van der Waals surface area contributed by atoms with Crippen LogP contribution >= 0.6 is 23.2 Å². The quantitative estimate of drug-likeness (QED) is 0.438. The second-order valence-corrected chi connectivity index (χ2v) is 10.9. The van der Waals surface area contributed by atoms with E-state index in [-0.39, 0.29) is 18.1 Å². The number of ketones is 1. The number of aryl methyl sites for hydroxylation is 1. The predicted octanol–water partition coefficient (Wildman–Crippen LogP) is 6.12. The van der Waals surface area contributed by atoms with Crippen molar-refractivity contribution in [3.05, 3.63) is 69.2 Å². The van der Waals surface area contributed by atoms with Gasteiger partial charge < -0.3 is 5.73 Å². The van der Waals surface area contributed by atoms with Crippen LogP contribution in [-0.4, -0.2) is 28.1 Å². The molecule has 0 radical (unpaired) electrons. The third-order valence-electron chi connectivity index (χ3n) is 7.23. The number of nitrogens with two attached hydrogens (primary N) is 1. The largest absolute Gasteiger partial charge is 0.369 e. The topological polar surface area (TPSA) is 75.8 Å². The van der Waals surface area contributed by atoms with Gasteiger partial charge in [0.05, 0.1) is 16.6 Å². The van der Waals surface area contributed by atoms with Crippen molar-refractivity contribution in [2.45, 2.75) is 76.8 Å². The molecule has 5 nitrogen and oxygen atoms in total. The number of hydrogen-bond donors (Lipinski definition) is 1. The van der Waals surface area contributed by atoms with Crippen LogP contribution in [0.25, 0.3) is 0 Å². The SMILES string of the molecule is CC1(CC2CCCCC2)N=C(N)N(Cc2ccc(CCC(=O)Cc3cccc(Cl)c3Cl)cc2)C1=O. The van der Waals surface area contributed by atoms with Crippen molar-refractivity contribution in [2.75, 3.05) is 0 Å². The minimum atomic E-state index is -0.752. The Labute approximate surface area is 217 Å². The Kier molecular flexibility index (Phi) is 8.18. The molecule has 1 fully saturated rings. The van der Waals surface area contributed by atoms with Gasteiger partial charge in [-0.25, -0.2) is 4.99 Å². The summed E-state index contributed by atoms with van der Waals surface area (Å²) in [6.07, 6.45) is 8.23. The van der Waals surface area contributed by atoms with Crippen LogP contribution in [0.5, 0.6) is 0 Å². The minimum absolute atomic E-state index is 0.00470. The Balaban J connectivity index is 1.30. The molecule has 1 aliphatic heterocycles. The predicted molar refractivity (Wildman–Crippen MR) is 142 cm³/mol. The number of rotatable bonds is 9.